The molecule has 176 valence electrons. The molecular weight excluding hydrogens is 481 g/mol. The fourth-order valence-corrected chi connectivity index (χ4v) is 3.82. The molecule has 0 fully saturated rings. The van der Waals surface area contributed by atoms with Crippen molar-refractivity contribution in [2.24, 2.45) is 5.73 Å². The molecule has 1 aliphatic rings. The number of allylic oxidation sites excluding steroid dienone is 1. The van der Waals surface area contributed by atoms with Crippen LogP contribution in [0.25, 0.3) is 0 Å². The molecule has 0 amide bonds. The minimum Gasteiger partial charge on any atom is -0.482 e. The normalized spacial score (nSPS) is 14.4. The summed E-state index contributed by atoms with van der Waals surface area (Å²) in [5.41, 5.74) is 6.28. The lowest BCUT2D eigenvalue weighted by molar-refractivity contribution is -0.384. The number of halogens is 2. The number of nitriles is 1. The maximum atomic E-state index is 14.7. The van der Waals surface area contributed by atoms with Crippen LogP contribution in [0, 0.1) is 27.3 Å². The largest absolute Gasteiger partial charge is 0.482 e. The summed E-state index contributed by atoms with van der Waals surface area (Å²) in [6.07, 6.45) is 0. The zero-order chi connectivity index (χ0) is 25.1. The molecule has 0 radical (unpaired) electrons. The molecule has 9 nitrogen and oxygen atoms in total. The fourth-order valence-electron chi connectivity index (χ4n) is 3.55. The van der Waals surface area contributed by atoms with Crippen LogP contribution in [0.15, 0.2) is 72.1 Å². The van der Waals surface area contributed by atoms with E-state index in [0.717, 1.165) is 0 Å². The Kier molecular flexibility index (Phi) is 6.53. The molecule has 3 aromatic carbocycles. The topological polar surface area (TPSA) is 138 Å². The minimum absolute atomic E-state index is 0.00857. The number of benzene rings is 3. The molecule has 1 unspecified atom stereocenters. The van der Waals surface area contributed by atoms with Crippen molar-refractivity contribution in [1.82, 2.24) is 0 Å². The van der Waals surface area contributed by atoms with Crippen LogP contribution in [0.1, 0.15) is 17.0 Å². The summed E-state index contributed by atoms with van der Waals surface area (Å²) in [5, 5.41) is 20.4. The Morgan fingerprint density at radius 3 is 2.57 bits per heavy atom. The van der Waals surface area contributed by atoms with Crippen molar-refractivity contribution in [2.45, 2.75) is 5.92 Å². The first kappa shape index (κ1) is 23.5. The maximum Gasteiger partial charge on any atom is 0.349 e. The quantitative estimate of drug-likeness (QED) is 0.227. The van der Waals surface area contributed by atoms with Gasteiger partial charge in [-0.15, -0.1) is 0 Å². The van der Waals surface area contributed by atoms with Gasteiger partial charge in [-0.3, -0.25) is 10.1 Å². The van der Waals surface area contributed by atoms with Crippen molar-refractivity contribution in [3.63, 3.8) is 0 Å². The number of carbonyl (C=O) groups excluding carboxylic acids is 1. The van der Waals surface area contributed by atoms with Crippen LogP contribution < -0.4 is 19.9 Å². The van der Waals surface area contributed by atoms with Gasteiger partial charge in [0.25, 0.3) is 5.69 Å². The number of esters is 1. The summed E-state index contributed by atoms with van der Waals surface area (Å²) in [4.78, 5) is 22.4. The summed E-state index contributed by atoms with van der Waals surface area (Å²) < 4.78 is 30.8. The molecule has 0 bridgehead atoms. The molecule has 35 heavy (non-hydrogen) atoms. The smallest absolute Gasteiger partial charge is 0.349 e. The monoisotopic (exact) mass is 495 g/mol. The zero-order valence-corrected chi connectivity index (χ0v) is 18.5. The predicted octanol–water partition coefficient (Wildman–Crippen LogP) is 4.59. The Morgan fingerprint density at radius 2 is 1.91 bits per heavy atom. The van der Waals surface area contributed by atoms with E-state index in [9.17, 15) is 24.6 Å². The first-order chi connectivity index (χ1) is 16.8. The molecule has 0 spiro atoms. The maximum absolute atomic E-state index is 14.7. The highest BCUT2D eigenvalue weighted by molar-refractivity contribution is 6.31. The second-order valence-electron chi connectivity index (χ2n) is 7.27. The van der Waals surface area contributed by atoms with Gasteiger partial charge in [-0.05, 0) is 30.3 Å². The highest BCUT2D eigenvalue weighted by Gasteiger charge is 2.34. The molecule has 1 aliphatic heterocycles. The van der Waals surface area contributed by atoms with Gasteiger partial charge in [0, 0.05) is 34.3 Å². The van der Waals surface area contributed by atoms with E-state index < -0.39 is 29.2 Å². The summed E-state index contributed by atoms with van der Waals surface area (Å²) in [6, 6.07) is 15.7. The second kappa shape index (κ2) is 9.70. The first-order valence-electron chi connectivity index (χ1n) is 10.0. The van der Waals surface area contributed by atoms with Crippen LogP contribution >= 0.6 is 11.6 Å². The van der Waals surface area contributed by atoms with Gasteiger partial charge < -0.3 is 19.9 Å². The van der Waals surface area contributed by atoms with Gasteiger partial charge in [-0.1, -0.05) is 23.7 Å². The Hall–Kier alpha value is -4.62. The molecular formula is C24H15ClFN3O6. The predicted molar refractivity (Wildman–Crippen MR) is 121 cm³/mol. The van der Waals surface area contributed by atoms with E-state index in [1.807, 2.05) is 6.07 Å². The van der Waals surface area contributed by atoms with Crippen molar-refractivity contribution in [3.8, 4) is 23.3 Å². The Balaban J connectivity index is 1.54. The molecule has 1 heterocycles. The third-order valence-corrected chi connectivity index (χ3v) is 5.44. The number of nitro groups is 1. The van der Waals surface area contributed by atoms with Crippen LogP contribution in [0.4, 0.5) is 10.1 Å². The lowest BCUT2D eigenvalue weighted by atomic mass is 9.83. The Morgan fingerprint density at radius 1 is 1.20 bits per heavy atom. The molecule has 0 saturated heterocycles. The summed E-state index contributed by atoms with van der Waals surface area (Å²) in [6.45, 7) is -0.468. The first-order valence-corrected chi connectivity index (χ1v) is 10.4. The second-order valence-corrected chi connectivity index (χ2v) is 7.68. The Bertz CT molecular complexity index is 1380. The highest BCUT2D eigenvalue weighted by atomic mass is 35.5. The van der Waals surface area contributed by atoms with Gasteiger partial charge in [0.15, 0.2) is 6.61 Å². The van der Waals surface area contributed by atoms with Gasteiger partial charge in [-0.25, -0.2) is 9.18 Å². The highest BCUT2D eigenvalue weighted by Crippen LogP contribution is 2.46. The van der Waals surface area contributed by atoms with E-state index in [0.29, 0.717) is 5.56 Å². The van der Waals surface area contributed by atoms with Crippen LogP contribution in [0.2, 0.25) is 5.02 Å². The summed E-state index contributed by atoms with van der Waals surface area (Å²) in [5.74, 6) is -2.03. The van der Waals surface area contributed by atoms with E-state index >= 15 is 0 Å². The molecule has 0 saturated carbocycles. The van der Waals surface area contributed by atoms with E-state index in [1.165, 1.54) is 60.7 Å². The van der Waals surface area contributed by atoms with Crippen molar-refractivity contribution >= 4 is 23.3 Å². The zero-order valence-electron chi connectivity index (χ0n) is 17.7. The summed E-state index contributed by atoms with van der Waals surface area (Å²) in [7, 11) is 0. The van der Waals surface area contributed by atoms with E-state index in [2.05, 4.69) is 0 Å². The number of nitrogens with two attached hydrogens (primary N) is 1. The SMILES string of the molecule is N#CC1=C(N)Oc2cc(OC(=O)COc3ccc([N+](=O)[O-])cc3)ccc2C1c1c(F)cccc1Cl. The van der Waals surface area contributed by atoms with Crippen LogP contribution in [-0.2, 0) is 4.79 Å². The van der Waals surface area contributed by atoms with Gasteiger partial charge in [-0.2, -0.15) is 5.26 Å². The number of nitrogens with zero attached hydrogens (tertiary/aromatic N) is 2. The summed E-state index contributed by atoms with van der Waals surface area (Å²) >= 11 is 6.24. The number of rotatable bonds is 6. The van der Waals surface area contributed by atoms with Gasteiger partial charge in [0.1, 0.15) is 34.7 Å². The van der Waals surface area contributed by atoms with E-state index in [1.54, 1.807) is 0 Å². The van der Waals surface area contributed by atoms with Crippen LogP contribution in [0.5, 0.6) is 17.2 Å². The average Bonchev–Trinajstić information content (AvgIpc) is 2.82. The number of ether oxygens (including phenoxy) is 3. The number of hydrogen-bond donors (Lipinski definition) is 1. The molecule has 2 N–H and O–H groups in total. The number of fused-ring (bicyclic) bond motifs is 1. The molecule has 3 aromatic rings. The van der Waals surface area contributed by atoms with Crippen LogP contribution in [0.3, 0.4) is 0 Å². The van der Waals surface area contributed by atoms with Crippen LogP contribution in [-0.4, -0.2) is 17.5 Å². The fraction of sp³-hybridized carbons (Fsp3) is 0.0833. The average molecular weight is 496 g/mol. The van der Waals surface area contributed by atoms with E-state index in [-0.39, 0.29) is 45.0 Å². The molecule has 4 rings (SSSR count). The van der Waals surface area contributed by atoms with Gasteiger partial charge >= 0.3 is 5.97 Å². The van der Waals surface area contributed by atoms with E-state index in [4.69, 9.17) is 31.5 Å². The molecule has 0 aliphatic carbocycles. The van der Waals surface area contributed by atoms with Crippen molar-refractivity contribution in [1.29, 1.82) is 5.26 Å². The number of carbonyl (C=O) groups is 1. The third-order valence-electron chi connectivity index (χ3n) is 5.11. The standard InChI is InChI=1S/C24H15ClFN3O6/c25-18-2-1-3-19(26)23(18)22-16-9-8-15(10-20(16)35-24(28)17(22)11-27)34-21(30)12-33-14-6-4-13(5-7-14)29(31)32/h1-10,22H,12,28H2. The minimum atomic E-state index is -0.923. The molecule has 1 atom stereocenters. The van der Waals surface area contributed by atoms with Gasteiger partial charge in [0.2, 0.25) is 5.88 Å². The van der Waals surface area contributed by atoms with Crippen molar-refractivity contribution < 1.29 is 28.3 Å². The number of nitro benzene ring substituents is 1. The molecule has 0 aromatic heterocycles. The van der Waals surface area contributed by atoms with Crippen molar-refractivity contribution in [3.05, 3.63) is 104 Å². The number of hydrogen-bond acceptors (Lipinski definition) is 8. The lowest BCUT2D eigenvalue weighted by Crippen LogP contribution is -2.22. The number of non-ortho nitro benzene ring substituents is 1. The van der Waals surface area contributed by atoms with Gasteiger partial charge in [0.05, 0.1) is 10.8 Å². The lowest BCUT2D eigenvalue weighted by Gasteiger charge is -2.27. The third kappa shape index (κ3) is 4.85. The van der Waals surface area contributed by atoms with Crippen molar-refractivity contribution in [2.75, 3.05) is 6.61 Å². The molecule has 11 heteroatoms. The Labute approximate surface area is 202 Å².